The number of likely N-dealkylation sites (tertiary alicyclic amines) is 1. The fourth-order valence-corrected chi connectivity index (χ4v) is 3.45. The summed E-state index contributed by atoms with van der Waals surface area (Å²) < 4.78 is 1.27. The number of piperidine rings is 1. The minimum Gasteiger partial charge on any atom is -0.341 e. The molecule has 0 aliphatic carbocycles. The van der Waals surface area contributed by atoms with Crippen LogP contribution in [0.3, 0.4) is 0 Å². The summed E-state index contributed by atoms with van der Waals surface area (Å²) in [6, 6.07) is 7.08. The molecule has 5 nitrogen and oxygen atoms in total. The van der Waals surface area contributed by atoms with Crippen LogP contribution in [0.2, 0.25) is 0 Å². The third-order valence-electron chi connectivity index (χ3n) is 3.93. The van der Waals surface area contributed by atoms with E-state index in [4.69, 9.17) is 0 Å². The number of carbonyl (C=O) groups excluding carboxylic acids is 1. The summed E-state index contributed by atoms with van der Waals surface area (Å²) in [7, 11) is 0. The number of amides is 1. The Kier molecular flexibility index (Phi) is 4.38. The standard InChI is InChI=1S/C16H19N3O2S/c1-12-4-2-8-18(10-12)16(21)11-19-15(20)7-6-13(17-19)14-5-3-9-22-14/h3,5-7,9,12H,2,4,8,10-11H2,1H3. The molecule has 2 aromatic rings. The Morgan fingerprint density at radius 2 is 2.27 bits per heavy atom. The van der Waals surface area contributed by atoms with Crippen molar-refractivity contribution in [2.75, 3.05) is 13.1 Å². The number of thiophene rings is 1. The van der Waals surface area contributed by atoms with Crippen LogP contribution in [0.1, 0.15) is 19.8 Å². The predicted molar refractivity (Wildman–Crippen MR) is 86.8 cm³/mol. The summed E-state index contributed by atoms with van der Waals surface area (Å²) in [5, 5.41) is 6.30. The van der Waals surface area contributed by atoms with Crippen LogP contribution in [0, 0.1) is 5.92 Å². The highest BCUT2D eigenvalue weighted by molar-refractivity contribution is 7.13. The first kappa shape index (κ1) is 15.0. The molecule has 0 radical (unpaired) electrons. The average Bonchev–Trinajstić information content (AvgIpc) is 3.04. The van der Waals surface area contributed by atoms with Crippen LogP contribution in [0.4, 0.5) is 0 Å². The van der Waals surface area contributed by atoms with E-state index in [-0.39, 0.29) is 18.0 Å². The van der Waals surface area contributed by atoms with Crippen molar-refractivity contribution in [3.8, 4) is 10.6 Å². The van der Waals surface area contributed by atoms with E-state index in [1.54, 1.807) is 17.4 Å². The Bertz CT molecular complexity index is 708. The van der Waals surface area contributed by atoms with Gasteiger partial charge in [-0.15, -0.1) is 11.3 Å². The van der Waals surface area contributed by atoms with Gasteiger partial charge in [0.15, 0.2) is 0 Å². The molecule has 1 aliphatic heterocycles. The topological polar surface area (TPSA) is 55.2 Å². The number of carbonyl (C=O) groups is 1. The Labute approximate surface area is 133 Å². The van der Waals surface area contributed by atoms with Crippen LogP contribution in [0.15, 0.2) is 34.4 Å². The van der Waals surface area contributed by atoms with Crippen LogP contribution in [-0.4, -0.2) is 33.7 Å². The number of nitrogens with zero attached hydrogens (tertiary/aromatic N) is 3. The Morgan fingerprint density at radius 1 is 1.41 bits per heavy atom. The van der Waals surface area contributed by atoms with Crippen molar-refractivity contribution in [2.24, 2.45) is 5.92 Å². The van der Waals surface area contributed by atoms with Gasteiger partial charge in [-0.1, -0.05) is 13.0 Å². The third-order valence-corrected chi connectivity index (χ3v) is 4.83. The molecular formula is C16H19N3O2S. The molecule has 3 rings (SSSR count). The molecule has 3 heterocycles. The van der Waals surface area contributed by atoms with Crippen LogP contribution in [0.25, 0.3) is 10.6 Å². The summed E-state index contributed by atoms with van der Waals surface area (Å²) in [6.45, 7) is 3.73. The maximum atomic E-state index is 12.4. The van der Waals surface area contributed by atoms with Crippen LogP contribution in [-0.2, 0) is 11.3 Å². The zero-order valence-corrected chi connectivity index (χ0v) is 13.4. The van der Waals surface area contributed by atoms with Gasteiger partial charge in [0.05, 0.1) is 4.88 Å². The normalized spacial score (nSPS) is 18.4. The molecule has 22 heavy (non-hydrogen) atoms. The van der Waals surface area contributed by atoms with Gasteiger partial charge in [0.1, 0.15) is 12.2 Å². The molecule has 116 valence electrons. The Hall–Kier alpha value is -1.95. The van der Waals surface area contributed by atoms with Gasteiger partial charge in [0.2, 0.25) is 5.91 Å². The smallest absolute Gasteiger partial charge is 0.267 e. The molecule has 6 heteroatoms. The second kappa shape index (κ2) is 6.44. The van der Waals surface area contributed by atoms with Crippen LogP contribution < -0.4 is 5.56 Å². The molecule has 1 saturated heterocycles. The maximum Gasteiger partial charge on any atom is 0.267 e. The van der Waals surface area contributed by atoms with Crippen molar-refractivity contribution in [3.63, 3.8) is 0 Å². The molecule has 0 bridgehead atoms. The summed E-state index contributed by atoms with van der Waals surface area (Å²) in [4.78, 5) is 27.2. The Morgan fingerprint density at radius 3 is 3.00 bits per heavy atom. The summed E-state index contributed by atoms with van der Waals surface area (Å²) >= 11 is 1.56. The van der Waals surface area contributed by atoms with E-state index in [0.717, 1.165) is 36.5 Å². The number of hydrogen-bond donors (Lipinski definition) is 0. The van der Waals surface area contributed by atoms with Gasteiger partial charge in [-0.05, 0) is 36.3 Å². The van der Waals surface area contributed by atoms with E-state index in [1.807, 2.05) is 22.4 Å². The van der Waals surface area contributed by atoms with E-state index in [2.05, 4.69) is 12.0 Å². The van der Waals surface area contributed by atoms with Crippen molar-refractivity contribution in [2.45, 2.75) is 26.3 Å². The quantitative estimate of drug-likeness (QED) is 0.872. The lowest BCUT2D eigenvalue weighted by Gasteiger charge is -2.30. The van der Waals surface area contributed by atoms with Crippen molar-refractivity contribution in [1.29, 1.82) is 0 Å². The van der Waals surface area contributed by atoms with E-state index >= 15 is 0 Å². The number of rotatable bonds is 3. The molecule has 1 amide bonds. The highest BCUT2D eigenvalue weighted by Crippen LogP contribution is 2.21. The Balaban J connectivity index is 1.78. The summed E-state index contributed by atoms with van der Waals surface area (Å²) in [6.07, 6.45) is 2.19. The van der Waals surface area contributed by atoms with Crippen molar-refractivity contribution >= 4 is 17.2 Å². The van der Waals surface area contributed by atoms with Gasteiger partial charge in [-0.3, -0.25) is 9.59 Å². The highest BCUT2D eigenvalue weighted by atomic mass is 32.1. The molecule has 1 atom stereocenters. The lowest BCUT2D eigenvalue weighted by Crippen LogP contribution is -2.42. The summed E-state index contributed by atoms with van der Waals surface area (Å²) in [5.41, 5.74) is 0.494. The fourth-order valence-electron chi connectivity index (χ4n) is 2.76. The molecule has 2 aromatic heterocycles. The zero-order valence-electron chi connectivity index (χ0n) is 12.6. The molecule has 1 fully saturated rings. The molecule has 1 unspecified atom stereocenters. The van der Waals surface area contributed by atoms with Gasteiger partial charge < -0.3 is 4.90 Å². The van der Waals surface area contributed by atoms with Crippen LogP contribution in [0.5, 0.6) is 0 Å². The van der Waals surface area contributed by atoms with E-state index in [1.165, 1.54) is 10.7 Å². The van der Waals surface area contributed by atoms with Crippen LogP contribution >= 0.6 is 11.3 Å². The minimum atomic E-state index is -0.237. The SMILES string of the molecule is CC1CCCN(C(=O)Cn2nc(-c3cccs3)ccc2=O)C1. The van der Waals surface area contributed by atoms with Crippen molar-refractivity contribution in [3.05, 3.63) is 40.0 Å². The van der Waals surface area contributed by atoms with Gasteiger partial charge in [0, 0.05) is 19.2 Å². The van der Waals surface area contributed by atoms with Gasteiger partial charge in [-0.25, -0.2) is 4.68 Å². The average molecular weight is 317 g/mol. The molecule has 0 saturated carbocycles. The van der Waals surface area contributed by atoms with E-state index in [9.17, 15) is 9.59 Å². The van der Waals surface area contributed by atoms with Gasteiger partial charge in [0.25, 0.3) is 5.56 Å². The van der Waals surface area contributed by atoms with Crippen molar-refractivity contribution in [1.82, 2.24) is 14.7 Å². The minimum absolute atomic E-state index is 0.0186. The first-order valence-electron chi connectivity index (χ1n) is 7.53. The maximum absolute atomic E-state index is 12.4. The lowest BCUT2D eigenvalue weighted by molar-refractivity contribution is -0.133. The highest BCUT2D eigenvalue weighted by Gasteiger charge is 2.21. The number of hydrogen-bond acceptors (Lipinski definition) is 4. The molecular weight excluding hydrogens is 298 g/mol. The van der Waals surface area contributed by atoms with E-state index < -0.39 is 0 Å². The van der Waals surface area contributed by atoms with Gasteiger partial charge in [-0.2, -0.15) is 5.10 Å². The zero-order chi connectivity index (χ0) is 15.5. The third kappa shape index (κ3) is 3.27. The first-order valence-corrected chi connectivity index (χ1v) is 8.41. The van der Waals surface area contributed by atoms with Crippen molar-refractivity contribution < 1.29 is 4.79 Å². The molecule has 0 spiro atoms. The second-order valence-corrected chi connectivity index (χ2v) is 6.73. The summed E-state index contributed by atoms with van der Waals surface area (Å²) in [5.74, 6) is 0.504. The second-order valence-electron chi connectivity index (χ2n) is 5.78. The van der Waals surface area contributed by atoms with Gasteiger partial charge >= 0.3 is 0 Å². The predicted octanol–water partition coefficient (Wildman–Crippen LogP) is 2.23. The fraction of sp³-hybridized carbons (Fsp3) is 0.438. The largest absolute Gasteiger partial charge is 0.341 e. The number of aromatic nitrogens is 2. The van der Waals surface area contributed by atoms with E-state index in [0.29, 0.717) is 5.92 Å². The molecule has 1 aliphatic rings. The monoisotopic (exact) mass is 317 g/mol. The lowest BCUT2D eigenvalue weighted by atomic mass is 10.0. The molecule has 0 N–H and O–H groups in total. The molecule has 0 aromatic carbocycles. The first-order chi connectivity index (χ1) is 10.6.